The number of carbonyl (C=O) groups is 1. The van der Waals surface area contributed by atoms with Gasteiger partial charge >= 0.3 is 0 Å². The third kappa shape index (κ3) is 4.11. The van der Waals surface area contributed by atoms with Gasteiger partial charge < -0.3 is 15.8 Å². The summed E-state index contributed by atoms with van der Waals surface area (Å²) >= 11 is 1.40. The van der Waals surface area contributed by atoms with Gasteiger partial charge in [-0.25, -0.2) is 4.98 Å². The standard InChI is InChI=1S/C18H17N3O2S/c19-18-21-13(12-24-18)10-11-20-17(22)15-8-4-5-9-16(15)23-14-6-2-1-3-7-14/h1-9,12H,10-11H2,(H2,19,21)(H,20,22). The van der Waals surface area contributed by atoms with E-state index in [1.54, 1.807) is 12.1 Å². The second kappa shape index (κ2) is 7.61. The number of rotatable bonds is 6. The van der Waals surface area contributed by atoms with Crippen molar-refractivity contribution < 1.29 is 9.53 Å². The maximum Gasteiger partial charge on any atom is 0.255 e. The van der Waals surface area contributed by atoms with Gasteiger partial charge in [0.25, 0.3) is 5.91 Å². The molecule has 0 aliphatic rings. The summed E-state index contributed by atoms with van der Waals surface area (Å²) < 4.78 is 5.81. The number of hydrogen-bond donors (Lipinski definition) is 2. The molecule has 1 amide bonds. The van der Waals surface area contributed by atoms with Crippen molar-refractivity contribution in [2.75, 3.05) is 12.3 Å². The van der Waals surface area contributed by atoms with Crippen LogP contribution in [0.3, 0.4) is 0 Å². The number of para-hydroxylation sites is 2. The molecule has 1 heterocycles. The highest BCUT2D eigenvalue weighted by Crippen LogP contribution is 2.24. The van der Waals surface area contributed by atoms with E-state index in [0.29, 0.717) is 35.2 Å². The van der Waals surface area contributed by atoms with Crippen LogP contribution in [0, 0.1) is 0 Å². The van der Waals surface area contributed by atoms with Crippen molar-refractivity contribution >= 4 is 22.4 Å². The number of nitrogens with one attached hydrogen (secondary N) is 1. The number of nitrogens with zero attached hydrogens (tertiary/aromatic N) is 1. The molecule has 0 atom stereocenters. The summed E-state index contributed by atoms with van der Waals surface area (Å²) in [5, 5.41) is 5.32. The number of aromatic nitrogens is 1. The van der Waals surface area contributed by atoms with Gasteiger partial charge in [-0.15, -0.1) is 11.3 Å². The third-order valence-electron chi connectivity index (χ3n) is 3.34. The lowest BCUT2D eigenvalue weighted by molar-refractivity contribution is 0.0952. The summed E-state index contributed by atoms with van der Waals surface area (Å²) in [4.78, 5) is 16.6. The predicted molar refractivity (Wildman–Crippen MR) is 95.5 cm³/mol. The van der Waals surface area contributed by atoms with Gasteiger partial charge in [0.15, 0.2) is 5.13 Å². The monoisotopic (exact) mass is 339 g/mol. The average Bonchev–Trinajstić information content (AvgIpc) is 3.01. The highest BCUT2D eigenvalue weighted by Gasteiger charge is 2.12. The lowest BCUT2D eigenvalue weighted by atomic mass is 10.2. The SMILES string of the molecule is Nc1nc(CCNC(=O)c2ccccc2Oc2ccccc2)cs1. The molecule has 2 aromatic carbocycles. The van der Waals surface area contributed by atoms with Crippen molar-refractivity contribution in [2.45, 2.75) is 6.42 Å². The van der Waals surface area contributed by atoms with Crippen LogP contribution in [0.2, 0.25) is 0 Å². The van der Waals surface area contributed by atoms with E-state index in [-0.39, 0.29) is 5.91 Å². The summed E-state index contributed by atoms with van der Waals surface area (Å²) in [6.07, 6.45) is 0.640. The van der Waals surface area contributed by atoms with E-state index in [2.05, 4.69) is 10.3 Å². The van der Waals surface area contributed by atoms with Crippen LogP contribution in [0.1, 0.15) is 16.1 Å². The van der Waals surface area contributed by atoms with Crippen LogP contribution >= 0.6 is 11.3 Å². The summed E-state index contributed by atoms with van der Waals surface area (Å²) in [5.41, 5.74) is 6.98. The average molecular weight is 339 g/mol. The molecular weight excluding hydrogens is 322 g/mol. The number of amides is 1. The van der Waals surface area contributed by atoms with Gasteiger partial charge in [-0.1, -0.05) is 30.3 Å². The summed E-state index contributed by atoms with van der Waals surface area (Å²) in [6.45, 7) is 0.488. The molecule has 0 aliphatic carbocycles. The molecule has 0 aliphatic heterocycles. The minimum absolute atomic E-state index is 0.176. The molecule has 0 saturated heterocycles. The second-order valence-corrected chi connectivity index (χ2v) is 5.98. The maximum atomic E-state index is 12.4. The first-order chi connectivity index (χ1) is 11.7. The van der Waals surface area contributed by atoms with Crippen LogP contribution in [-0.4, -0.2) is 17.4 Å². The number of ether oxygens (including phenoxy) is 1. The lowest BCUT2D eigenvalue weighted by Gasteiger charge is -2.11. The topological polar surface area (TPSA) is 77.2 Å². The number of nitrogen functional groups attached to an aromatic ring is 1. The fourth-order valence-corrected chi connectivity index (χ4v) is 2.79. The number of anilines is 1. The van der Waals surface area contributed by atoms with Gasteiger partial charge in [0, 0.05) is 18.3 Å². The Hall–Kier alpha value is -2.86. The van der Waals surface area contributed by atoms with Crippen molar-refractivity contribution in [3.8, 4) is 11.5 Å². The Kier molecular flexibility index (Phi) is 5.08. The Balaban J connectivity index is 1.64. The lowest BCUT2D eigenvalue weighted by Crippen LogP contribution is -2.26. The van der Waals surface area contributed by atoms with Crippen LogP contribution in [0.5, 0.6) is 11.5 Å². The fourth-order valence-electron chi connectivity index (χ4n) is 2.20. The van der Waals surface area contributed by atoms with Gasteiger partial charge in [-0.2, -0.15) is 0 Å². The van der Waals surface area contributed by atoms with Crippen LogP contribution in [0.15, 0.2) is 60.0 Å². The molecule has 0 bridgehead atoms. The van der Waals surface area contributed by atoms with E-state index in [9.17, 15) is 4.79 Å². The molecule has 3 rings (SSSR count). The zero-order valence-electron chi connectivity index (χ0n) is 12.9. The maximum absolute atomic E-state index is 12.4. The van der Waals surface area contributed by atoms with Gasteiger partial charge in [-0.05, 0) is 24.3 Å². The van der Waals surface area contributed by atoms with E-state index in [1.165, 1.54) is 11.3 Å². The molecule has 5 nitrogen and oxygen atoms in total. The Morgan fingerprint density at radius 2 is 1.88 bits per heavy atom. The first-order valence-electron chi connectivity index (χ1n) is 7.52. The molecule has 122 valence electrons. The largest absolute Gasteiger partial charge is 0.457 e. The predicted octanol–water partition coefficient (Wildman–Crippen LogP) is 3.49. The minimum atomic E-state index is -0.176. The van der Waals surface area contributed by atoms with Crippen molar-refractivity contribution in [3.63, 3.8) is 0 Å². The van der Waals surface area contributed by atoms with E-state index >= 15 is 0 Å². The van der Waals surface area contributed by atoms with Crippen molar-refractivity contribution in [3.05, 3.63) is 71.2 Å². The number of hydrogen-bond acceptors (Lipinski definition) is 5. The normalized spacial score (nSPS) is 10.3. The Labute approximate surface area is 144 Å². The van der Waals surface area contributed by atoms with E-state index in [1.807, 2.05) is 47.8 Å². The van der Waals surface area contributed by atoms with Crippen molar-refractivity contribution in [1.29, 1.82) is 0 Å². The van der Waals surface area contributed by atoms with Crippen molar-refractivity contribution in [1.82, 2.24) is 10.3 Å². The molecule has 0 fully saturated rings. The van der Waals surface area contributed by atoms with E-state index in [0.717, 1.165) is 5.69 Å². The fraction of sp³-hybridized carbons (Fsp3) is 0.111. The summed E-state index contributed by atoms with van der Waals surface area (Å²) in [6, 6.07) is 16.6. The Morgan fingerprint density at radius 3 is 2.62 bits per heavy atom. The molecule has 3 N–H and O–H groups in total. The quantitative estimate of drug-likeness (QED) is 0.721. The van der Waals surface area contributed by atoms with Gasteiger partial charge in [0.05, 0.1) is 11.3 Å². The van der Waals surface area contributed by atoms with Crippen LogP contribution in [0.25, 0.3) is 0 Å². The molecular formula is C18H17N3O2S. The second-order valence-electron chi connectivity index (χ2n) is 5.09. The zero-order chi connectivity index (χ0) is 16.8. The van der Waals surface area contributed by atoms with Crippen molar-refractivity contribution in [2.24, 2.45) is 0 Å². The molecule has 0 saturated carbocycles. The van der Waals surface area contributed by atoms with Gasteiger partial charge in [0.2, 0.25) is 0 Å². The molecule has 0 radical (unpaired) electrons. The molecule has 3 aromatic rings. The highest BCUT2D eigenvalue weighted by atomic mass is 32.1. The molecule has 0 spiro atoms. The number of benzene rings is 2. The van der Waals surface area contributed by atoms with Gasteiger partial charge in [0.1, 0.15) is 11.5 Å². The molecule has 0 unspecified atom stereocenters. The number of nitrogens with two attached hydrogens (primary N) is 1. The molecule has 6 heteroatoms. The Morgan fingerprint density at radius 1 is 1.12 bits per heavy atom. The minimum Gasteiger partial charge on any atom is -0.457 e. The van der Waals surface area contributed by atoms with Gasteiger partial charge in [-0.3, -0.25) is 4.79 Å². The zero-order valence-corrected chi connectivity index (χ0v) is 13.8. The summed E-state index contributed by atoms with van der Waals surface area (Å²) in [5.74, 6) is 1.04. The van der Waals surface area contributed by atoms with E-state index in [4.69, 9.17) is 10.5 Å². The summed E-state index contributed by atoms with van der Waals surface area (Å²) in [7, 11) is 0. The number of thiazole rings is 1. The first kappa shape index (κ1) is 16.0. The van der Waals surface area contributed by atoms with Crippen LogP contribution in [0.4, 0.5) is 5.13 Å². The van der Waals surface area contributed by atoms with E-state index < -0.39 is 0 Å². The first-order valence-corrected chi connectivity index (χ1v) is 8.40. The molecule has 24 heavy (non-hydrogen) atoms. The highest BCUT2D eigenvalue weighted by molar-refractivity contribution is 7.13. The van der Waals surface area contributed by atoms with Crippen LogP contribution in [-0.2, 0) is 6.42 Å². The smallest absolute Gasteiger partial charge is 0.255 e. The van der Waals surface area contributed by atoms with Crippen LogP contribution < -0.4 is 15.8 Å². The molecule has 1 aromatic heterocycles. The Bertz CT molecular complexity index is 818. The number of carbonyl (C=O) groups excluding carboxylic acids is 1. The third-order valence-corrected chi connectivity index (χ3v) is 4.06.